The lowest BCUT2D eigenvalue weighted by atomic mass is 10.00. The first-order valence-electron chi connectivity index (χ1n) is 13.4. The Morgan fingerprint density at radius 3 is 1.52 bits per heavy atom. The number of hydrogen-bond donors (Lipinski definition) is 1. The van der Waals surface area contributed by atoms with Crippen LogP contribution in [0.1, 0.15) is 148 Å². The molecule has 184 valence electrons. The van der Waals surface area contributed by atoms with E-state index in [4.69, 9.17) is 0 Å². The smallest absolute Gasteiger partial charge is 0.0948 e. The Kier molecular flexibility index (Phi) is 22.6. The molecule has 0 aliphatic rings. The minimum Gasteiger partial charge on any atom is -0.393 e. The van der Waals surface area contributed by atoms with E-state index < -0.39 is 0 Å². The first-order valence-corrected chi connectivity index (χ1v) is 13.4. The van der Waals surface area contributed by atoms with E-state index in [2.05, 4.69) is 22.7 Å². The van der Waals surface area contributed by atoms with Crippen LogP contribution in [0.4, 0.5) is 0 Å². The lowest BCUT2D eigenvalue weighted by molar-refractivity contribution is 0.172. The third-order valence-electron chi connectivity index (χ3n) is 6.51. The van der Waals surface area contributed by atoms with Gasteiger partial charge in [-0.1, -0.05) is 116 Å². The molecule has 1 N–H and O–H groups in total. The van der Waals surface area contributed by atoms with Crippen LogP contribution in [0.2, 0.25) is 0 Å². The highest BCUT2D eigenvalue weighted by atomic mass is 79.9. The number of imidazole rings is 1. The largest absolute Gasteiger partial charge is 0.393 e. The zero-order chi connectivity index (χ0) is 21.7. The first-order chi connectivity index (χ1) is 14.7. The quantitative estimate of drug-likeness (QED) is 0.161. The molecule has 2 atom stereocenters. The minimum atomic E-state index is -0.202. The zero-order valence-electron chi connectivity index (χ0n) is 20.8. The van der Waals surface area contributed by atoms with Crippen molar-refractivity contribution < 1.29 is 5.11 Å². The van der Waals surface area contributed by atoms with Gasteiger partial charge in [0, 0.05) is 18.4 Å². The number of rotatable bonds is 22. The van der Waals surface area contributed by atoms with Gasteiger partial charge in [-0.3, -0.25) is 0 Å². The Bertz CT molecular complexity index is 450. The summed E-state index contributed by atoms with van der Waals surface area (Å²) in [6, 6.07) is 0.499. The summed E-state index contributed by atoms with van der Waals surface area (Å²) < 4.78 is 2.23. The molecular formula is C27H53BrN2O. The molecule has 0 saturated heterocycles. The van der Waals surface area contributed by atoms with Crippen LogP contribution in [0.3, 0.4) is 0 Å². The molecule has 1 aromatic heterocycles. The maximum absolute atomic E-state index is 9.59. The fourth-order valence-corrected chi connectivity index (χ4v) is 4.47. The van der Waals surface area contributed by atoms with Crippen LogP contribution in [0.25, 0.3) is 0 Å². The number of hydrogen-bond acceptors (Lipinski definition) is 2. The van der Waals surface area contributed by atoms with Gasteiger partial charge in [0.25, 0.3) is 0 Å². The van der Waals surface area contributed by atoms with Crippen LogP contribution in [-0.2, 0) is 0 Å². The Balaban J connectivity index is 0.00000900. The SMILES string of the molecule is Br.CCCCCCCCCCCCCCCCCCCC(CCC(C)O)n1ccnc1. The van der Waals surface area contributed by atoms with Gasteiger partial charge >= 0.3 is 0 Å². The summed E-state index contributed by atoms with van der Waals surface area (Å²) in [5, 5.41) is 9.59. The molecule has 0 amide bonds. The number of unbranched alkanes of at least 4 members (excludes halogenated alkanes) is 16. The molecule has 0 aliphatic carbocycles. The van der Waals surface area contributed by atoms with E-state index in [9.17, 15) is 5.11 Å². The van der Waals surface area contributed by atoms with Gasteiger partial charge in [0.15, 0.2) is 0 Å². The normalized spacial score (nSPS) is 13.1. The van der Waals surface area contributed by atoms with Crippen molar-refractivity contribution >= 4 is 17.0 Å². The van der Waals surface area contributed by atoms with Gasteiger partial charge < -0.3 is 9.67 Å². The highest BCUT2D eigenvalue weighted by Crippen LogP contribution is 2.23. The van der Waals surface area contributed by atoms with Crippen molar-refractivity contribution in [1.29, 1.82) is 0 Å². The van der Waals surface area contributed by atoms with E-state index in [1.54, 1.807) is 0 Å². The second-order valence-electron chi connectivity index (χ2n) is 9.54. The van der Waals surface area contributed by atoms with E-state index in [1.807, 2.05) is 19.4 Å². The van der Waals surface area contributed by atoms with E-state index in [0.29, 0.717) is 6.04 Å². The van der Waals surface area contributed by atoms with Gasteiger partial charge in [0.1, 0.15) is 0 Å². The Labute approximate surface area is 204 Å². The second-order valence-corrected chi connectivity index (χ2v) is 9.54. The molecule has 0 fully saturated rings. The van der Waals surface area contributed by atoms with Crippen molar-refractivity contribution in [2.24, 2.45) is 0 Å². The summed E-state index contributed by atoms with van der Waals surface area (Å²) in [6.45, 7) is 4.18. The molecule has 0 spiro atoms. The molecule has 31 heavy (non-hydrogen) atoms. The van der Waals surface area contributed by atoms with Crippen LogP contribution in [0.15, 0.2) is 18.7 Å². The number of aliphatic hydroxyl groups excluding tert-OH is 1. The number of aliphatic hydroxyl groups is 1. The highest BCUT2D eigenvalue weighted by molar-refractivity contribution is 8.93. The van der Waals surface area contributed by atoms with Gasteiger partial charge in [0.2, 0.25) is 0 Å². The van der Waals surface area contributed by atoms with Gasteiger partial charge in [0.05, 0.1) is 12.4 Å². The monoisotopic (exact) mass is 500 g/mol. The molecule has 4 heteroatoms. The Hall–Kier alpha value is -0.350. The third kappa shape index (κ3) is 18.9. The molecule has 0 bridgehead atoms. The van der Waals surface area contributed by atoms with E-state index in [0.717, 1.165) is 12.8 Å². The average molecular weight is 502 g/mol. The Morgan fingerprint density at radius 2 is 1.13 bits per heavy atom. The van der Waals surface area contributed by atoms with Crippen molar-refractivity contribution in [3.8, 4) is 0 Å². The maximum Gasteiger partial charge on any atom is 0.0948 e. The second kappa shape index (κ2) is 22.8. The number of halogens is 1. The summed E-state index contributed by atoms with van der Waals surface area (Å²) in [6.07, 6.45) is 33.0. The fraction of sp³-hybridized carbons (Fsp3) is 0.889. The molecule has 2 unspecified atom stereocenters. The predicted octanol–water partition coefficient (Wildman–Crippen LogP) is 9.20. The highest BCUT2D eigenvalue weighted by Gasteiger charge is 2.11. The Morgan fingerprint density at radius 1 is 0.677 bits per heavy atom. The molecule has 0 aromatic carbocycles. The summed E-state index contributed by atoms with van der Waals surface area (Å²) in [7, 11) is 0. The summed E-state index contributed by atoms with van der Waals surface area (Å²) in [5.41, 5.74) is 0. The van der Waals surface area contributed by atoms with E-state index in [-0.39, 0.29) is 23.1 Å². The predicted molar refractivity (Wildman–Crippen MR) is 141 cm³/mol. The zero-order valence-corrected chi connectivity index (χ0v) is 22.5. The van der Waals surface area contributed by atoms with Crippen LogP contribution >= 0.6 is 17.0 Å². The van der Waals surface area contributed by atoms with Crippen LogP contribution in [-0.4, -0.2) is 20.8 Å². The molecular weight excluding hydrogens is 448 g/mol. The summed E-state index contributed by atoms with van der Waals surface area (Å²) >= 11 is 0. The van der Waals surface area contributed by atoms with Crippen molar-refractivity contribution in [1.82, 2.24) is 9.55 Å². The van der Waals surface area contributed by atoms with E-state index >= 15 is 0 Å². The maximum atomic E-state index is 9.59. The average Bonchev–Trinajstić information content (AvgIpc) is 3.27. The van der Waals surface area contributed by atoms with Crippen molar-refractivity contribution in [3.05, 3.63) is 18.7 Å². The van der Waals surface area contributed by atoms with Crippen molar-refractivity contribution in [2.45, 2.75) is 154 Å². The number of aromatic nitrogens is 2. The molecule has 1 heterocycles. The standard InChI is InChI=1S/C27H52N2O.BrH/c1-3-4-5-6-7-8-9-10-11-12-13-14-15-16-17-18-19-20-27(22-21-26(2)30)29-24-23-28-25-29;/h23-27,30H,3-22H2,1-2H3;1H. The molecule has 1 rings (SSSR count). The molecule has 0 saturated carbocycles. The van der Waals surface area contributed by atoms with Crippen molar-refractivity contribution in [2.75, 3.05) is 0 Å². The van der Waals surface area contributed by atoms with Crippen LogP contribution < -0.4 is 0 Å². The summed E-state index contributed by atoms with van der Waals surface area (Å²) in [5.74, 6) is 0. The van der Waals surface area contributed by atoms with Gasteiger partial charge in [-0.05, 0) is 26.2 Å². The fourth-order valence-electron chi connectivity index (χ4n) is 4.47. The van der Waals surface area contributed by atoms with Crippen molar-refractivity contribution in [3.63, 3.8) is 0 Å². The summed E-state index contributed by atoms with van der Waals surface area (Å²) in [4.78, 5) is 4.20. The van der Waals surface area contributed by atoms with Gasteiger partial charge in [-0.25, -0.2) is 4.98 Å². The van der Waals surface area contributed by atoms with Crippen LogP contribution in [0, 0.1) is 0 Å². The van der Waals surface area contributed by atoms with Gasteiger partial charge in [-0.2, -0.15) is 0 Å². The minimum absolute atomic E-state index is 0. The van der Waals surface area contributed by atoms with E-state index in [1.165, 1.54) is 116 Å². The third-order valence-corrected chi connectivity index (χ3v) is 6.51. The lowest BCUT2D eigenvalue weighted by Gasteiger charge is -2.19. The molecule has 0 aliphatic heterocycles. The van der Waals surface area contributed by atoms with Crippen LogP contribution in [0.5, 0.6) is 0 Å². The molecule has 0 radical (unpaired) electrons. The first kappa shape index (κ1) is 30.6. The molecule has 3 nitrogen and oxygen atoms in total. The molecule has 1 aromatic rings. The topological polar surface area (TPSA) is 38.0 Å². The van der Waals surface area contributed by atoms with Gasteiger partial charge in [-0.15, -0.1) is 17.0 Å². The number of nitrogens with zero attached hydrogens (tertiary/aromatic N) is 2. The lowest BCUT2D eigenvalue weighted by Crippen LogP contribution is -2.10.